The maximum Gasteiger partial charge on any atom is 0.0267 e. The van der Waals surface area contributed by atoms with Gasteiger partial charge in [-0.15, -0.1) is 0 Å². The summed E-state index contributed by atoms with van der Waals surface area (Å²) < 4.78 is 11.8. The van der Waals surface area contributed by atoms with E-state index in [1.807, 2.05) is 18.2 Å². The van der Waals surface area contributed by atoms with Crippen LogP contribution < -0.4 is 24.8 Å². The van der Waals surface area contributed by atoms with E-state index < -0.39 is 0 Å². The van der Waals surface area contributed by atoms with Crippen molar-refractivity contribution in [3.05, 3.63) is 30.6 Å². The average Bonchev–Trinajstić information content (AvgIpc) is 1.93. The van der Waals surface area contributed by atoms with E-state index in [-0.39, 0.29) is 39.4 Å². The van der Waals surface area contributed by atoms with E-state index in [1.54, 1.807) is 12.4 Å². The maximum absolute atomic E-state index is 5.88. The third-order valence-corrected chi connectivity index (χ3v) is 0.566. The summed E-state index contributed by atoms with van der Waals surface area (Å²) in [5, 5.41) is 0. The fourth-order valence-electron chi connectivity index (χ4n) is 0.313. The Morgan fingerprint density at radius 1 is 0.909 bits per heavy atom. The second kappa shape index (κ2) is 16.4. The van der Waals surface area contributed by atoms with E-state index >= 15 is 0 Å². The van der Waals surface area contributed by atoms with Gasteiger partial charge in [0.1, 0.15) is 0 Å². The van der Waals surface area contributed by atoms with Crippen LogP contribution in [0.1, 0.15) is 0 Å². The molecule has 0 fully saturated rings. The van der Waals surface area contributed by atoms with Gasteiger partial charge in [-0.05, 0) is 12.1 Å². The van der Waals surface area contributed by atoms with Gasteiger partial charge in [0.25, 0.3) is 0 Å². The van der Waals surface area contributed by atoms with Crippen molar-refractivity contribution in [3.8, 4) is 0 Å². The van der Waals surface area contributed by atoms with Gasteiger partial charge in [0.15, 0.2) is 0 Å². The maximum atomic E-state index is 5.88. The molecule has 0 amide bonds. The molecule has 0 radical (unpaired) electrons. The van der Waals surface area contributed by atoms with Crippen LogP contribution in [-0.4, -0.2) is 4.98 Å². The minimum absolute atomic E-state index is 0. The average molecular weight is 236 g/mol. The summed E-state index contributed by atoms with van der Waals surface area (Å²) in [6.45, 7) is 0. The van der Waals surface area contributed by atoms with Crippen LogP contribution >= 0.6 is 0 Å². The van der Waals surface area contributed by atoms with Crippen molar-refractivity contribution in [2.45, 2.75) is 0 Å². The van der Waals surface area contributed by atoms with Crippen molar-refractivity contribution >= 4 is 0 Å². The molecule has 1 heterocycles. The quantitative estimate of drug-likeness (QED) is 0.440. The molecular formula is C5H7Cl2FeN3. The van der Waals surface area contributed by atoms with E-state index in [4.69, 9.17) is 8.76 Å². The number of aromatic nitrogens is 1. The Hall–Kier alpha value is -0.151. The van der Waals surface area contributed by atoms with Crippen LogP contribution in [0.3, 0.4) is 0 Å². The van der Waals surface area contributed by atoms with Gasteiger partial charge in [0.05, 0.1) is 0 Å². The van der Waals surface area contributed by atoms with Gasteiger partial charge < -0.3 is 24.8 Å². The zero-order valence-corrected chi connectivity index (χ0v) is 8.06. The van der Waals surface area contributed by atoms with E-state index in [0.29, 0.717) is 0 Å². The molecule has 1 aromatic heterocycles. The number of nitrogens with one attached hydrogen (secondary N) is 2. The van der Waals surface area contributed by atoms with Crippen LogP contribution in [0.4, 0.5) is 0 Å². The second-order valence-corrected chi connectivity index (χ2v) is 1.39. The van der Waals surface area contributed by atoms with Gasteiger partial charge in [-0.25, -0.2) is 0 Å². The molecule has 0 atom stereocenters. The predicted octanol–water partition coefficient (Wildman–Crippen LogP) is -4.32. The Morgan fingerprint density at radius 3 is 1.36 bits per heavy atom. The monoisotopic (exact) mass is 235 g/mol. The first-order chi connectivity index (χ1) is 4.41. The molecule has 0 aromatic carbocycles. The van der Waals surface area contributed by atoms with Gasteiger partial charge in [0.2, 0.25) is 0 Å². The van der Waals surface area contributed by atoms with Crippen LogP contribution in [0.5, 0.6) is 0 Å². The molecule has 11 heavy (non-hydrogen) atoms. The molecule has 0 aliphatic heterocycles. The molecule has 6 heteroatoms. The molecule has 0 saturated carbocycles. The molecule has 3 nitrogen and oxygen atoms in total. The number of hydrogen-bond donors (Lipinski definition) is 2. The SMILES string of the molecule is [Cl-].[Cl-].[NH]=[Fe+2]=[NH].c1ccncc1. The smallest absolute Gasteiger partial charge is 0.0267 e. The van der Waals surface area contributed by atoms with Gasteiger partial charge in [0, 0.05) is 12.4 Å². The van der Waals surface area contributed by atoms with Crippen LogP contribution in [0.15, 0.2) is 30.6 Å². The molecule has 0 aliphatic carbocycles. The van der Waals surface area contributed by atoms with Crippen LogP contribution in [0, 0.1) is 8.76 Å². The normalized spacial score (nSPS) is 5.45. The molecule has 1 aromatic rings. The Kier molecular flexibility index (Phi) is 25.5. The molecule has 1 rings (SSSR count). The molecule has 0 unspecified atom stereocenters. The van der Waals surface area contributed by atoms with Crippen molar-refractivity contribution in [2.75, 3.05) is 0 Å². The summed E-state index contributed by atoms with van der Waals surface area (Å²) in [6.07, 6.45) is 3.50. The largest absolute Gasteiger partial charge is 0.265 e. The van der Waals surface area contributed by atoms with E-state index in [2.05, 4.69) is 4.98 Å². The summed E-state index contributed by atoms with van der Waals surface area (Å²) >= 11 is -0.250. The standard InChI is InChI=1S/C5H5N.2ClH.Fe.2HN/c1-2-4-6-5-3-1;;;;;/h1-5H;2*1H;;2*1H/q;;;+2;;/p-2. The van der Waals surface area contributed by atoms with E-state index in [9.17, 15) is 0 Å². The van der Waals surface area contributed by atoms with Crippen molar-refractivity contribution in [2.24, 2.45) is 0 Å². The van der Waals surface area contributed by atoms with Gasteiger partial charge in [-0.1, -0.05) is 6.07 Å². The van der Waals surface area contributed by atoms with Crippen LogP contribution in [-0.2, 0) is 14.6 Å². The molecular weight excluding hydrogens is 229 g/mol. The number of hydrogen-bond acceptors (Lipinski definition) is 3. The summed E-state index contributed by atoms with van der Waals surface area (Å²) in [6, 6.07) is 5.72. The Morgan fingerprint density at radius 2 is 1.27 bits per heavy atom. The van der Waals surface area contributed by atoms with Gasteiger partial charge in [-0.2, -0.15) is 0 Å². The zero-order valence-electron chi connectivity index (χ0n) is 5.44. The third-order valence-electron chi connectivity index (χ3n) is 0.566. The molecule has 64 valence electrons. The van der Waals surface area contributed by atoms with Gasteiger partial charge in [-0.3, -0.25) is 4.98 Å². The predicted molar refractivity (Wildman–Crippen MR) is 29.7 cm³/mol. The minimum Gasteiger partial charge on any atom is -0.265 e. The molecule has 0 bridgehead atoms. The number of pyridine rings is 1. The first-order valence-corrected chi connectivity index (χ1v) is 3.31. The summed E-state index contributed by atoms with van der Waals surface area (Å²) in [7, 11) is 0. The summed E-state index contributed by atoms with van der Waals surface area (Å²) in [4.78, 5) is 3.78. The molecule has 0 saturated heterocycles. The molecule has 0 spiro atoms. The van der Waals surface area contributed by atoms with Gasteiger partial charge >= 0.3 is 23.3 Å². The first-order valence-electron chi connectivity index (χ1n) is 2.20. The second-order valence-electron chi connectivity index (χ2n) is 1.11. The van der Waals surface area contributed by atoms with E-state index in [1.165, 1.54) is 0 Å². The minimum atomic E-state index is -0.250. The zero-order chi connectivity index (χ0) is 6.95. The number of nitrogens with zero attached hydrogens (tertiary/aromatic N) is 1. The Labute approximate surface area is 83.8 Å². The number of rotatable bonds is 0. The number of halogens is 2. The third kappa shape index (κ3) is 17.7. The van der Waals surface area contributed by atoms with Crippen molar-refractivity contribution in [3.63, 3.8) is 0 Å². The Bertz CT molecular complexity index is 150. The summed E-state index contributed by atoms with van der Waals surface area (Å²) in [5.41, 5.74) is 0. The molecule has 2 N–H and O–H groups in total. The van der Waals surface area contributed by atoms with Crippen molar-refractivity contribution in [1.29, 1.82) is 8.76 Å². The molecule has 0 aliphatic rings. The van der Waals surface area contributed by atoms with Crippen LogP contribution in [0.2, 0.25) is 0 Å². The Balaban J connectivity index is -0.000000116. The van der Waals surface area contributed by atoms with Crippen molar-refractivity contribution < 1.29 is 39.4 Å². The van der Waals surface area contributed by atoms with Crippen molar-refractivity contribution in [1.82, 2.24) is 4.98 Å². The van der Waals surface area contributed by atoms with E-state index in [0.717, 1.165) is 0 Å². The summed E-state index contributed by atoms with van der Waals surface area (Å²) in [5.74, 6) is 0. The fraction of sp³-hybridized carbons (Fsp3) is 0. The fourth-order valence-corrected chi connectivity index (χ4v) is 0.313. The van der Waals surface area contributed by atoms with Crippen LogP contribution in [0.25, 0.3) is 0 Å². The first kappa shape index (κ1) is 17.1. The topological polar surface area (TPSA) is 60.6 Å².